The van der Waals surface area contributed by atoms with E-state index in [1.165, 1.54) is 12.7 Å². The number of aromatic nitrogens is 2. The number of ether oxygens (including phenoxy) is 1. The zero-order chi connectivity index (χ0) is 24.2. The molecule has 0 bridgehead atoms. The van der Waals surface area contributed by atoms with Crippen LogP contribution in [0.15, 0.2) is 29.4 Å². The molecule has 4 N–H and O–H groups in total. The highest BCUT2D eigenvalue weighted by molar-refractivity contribution is 6.10. The Morgan fingerprint density at radius 2 is 1.94 bits per heavy atom. The molecule has 2 aromatic rings. The van der Waals surface area contributed by atoms with Gasteiger partial charge >= 0.3 is 6.01 Å². The van der Waals surface area contributed by atoms with Crippen LogP contribution in [0.25, 0.3) is 0 Å². The van der Waals surface area contributed by atoms with Crippen LogP contribution in [-0.2, 0) is 11.2 Å². The third-order valence-electron chi connectivity index (χ3n) is 6.67. The number of nitrogens with zero attached hydrogens (tertiary/aromatic N) is 4. The van der Waals surface area contributed by atoms with Crippen molar-refractivity contribution in [3.63, 3.8) is 0 Å². The van der Waals surface area contributed by atoms with Crippen LogP contribution in [0, 0.1) is 5.92 Å². The van der Waals surface area contributed by atoms with E-state index < -0.39 is 0 Å². The third kappa shape index (κ3) is 4.95. The predicted octanol–water partition coefficient (Wildman–Crippen LogP) is 2.86. The molecular weight excluding hydrogens is 436 g/mol. The zero-order valence-electron chi connectivity index (χ0n) is 19.5. The van der Waals surface area contributed by atoms with Crippen LogP contribution in [0.3, 0.4) is 0 Å². The molecule has 1 aromatic heterocycles. The van der Waals surface area contributed by atoms with E-state index in [-0.39, 0.29) is 29.5 Å². The minimum atomic E-state index is -0.200. The molecule has 1 fully saturated rings. The number of rotatable bonds is 5. The van der Waals surface area contributed by atoms with Gasteiger partial charge < -0.3 is 25.9 Å². The molecule has 0 unspecified atom stereocenters. The Bertz CT molecular complexity index is 1090. The number of amidine groups is 1. The summed E-state index contributed by atoms with van der Waals surface area (Å²) < 4.78 is 5.06. The van der Waals surface area contributed by atoms with Crippen LogP contribution >= 0.6 is 0 Å². The molecule has 10 heteroatoms. The second-order valence-corrected chi connectivity index (χ2v) is 8.87. The lowest BCUT2D eigenvalue weighted by atomic mass is 9.77. The summed E-state index contributed by atoms with van der Waals surface area (Å²) in [6, 6.07) is 8.31. The van der Waals surface area contributed by atoms with Gasteiger partial charge in [0.1, 0.15) is 17.2 Å². The molecule has 0 saturated heterocycles. The largest absolute Gasteiger partial charge is 0.467 e. The number of carbonyl (C=O) groups is 2. The molecule has 2 heterocycles. The van der Waals surface area contributed by atoms with E-state index in [4.69, 9.17) is 15.7 Å². The average molecular weight is 467 g/mol. The topological polar surface area (TPSA) is 143 Å². The fraction of sp³-hybridized carbons (Fsp3) is 0.458. The fourth-order valence-electron chi connectivity index (χ4n) is 4.88. The molecule has 0 radical (unpaired) electrons. The Hall–Kier alpha value is -3.69. The van der Waals surface area contributed by atoms with Gasteiger partial charge in [-0.15, -0.1) is 0 Å². The molecule has 0 spiro atoms. The first kappa shape index (κ1) is 23.5. The molecule has 1 saturated carbocycles. The highest BCUT2D eigenvalue weighted by Crippen LogP contribution is 2.38. The Kier molecular flexibility index (Phi) is 6.95. The first-order chi connectivity index (χ1) is 16.4. The standard InChI is InChI=1S/C24H30N6O4/c1-14(29-33)26-20(31)13-15-3-5-16(6-4-15)17-7-9-18(10-8-17)30-12-11-19-21(23(30)32)22(25)28-24(27-19)34-2/h7-10,15-16,33H,3-6,11-13H2,1-2H3,(H2,25,27,28)(H,26,29,31). The number of nitrogens with one attached hydrogen (secondary N) is 1. The van der Waals surface area contributed by atoms with Gasteiger partial charge in [0.05, 0.1) is 12.8 Å². The minimum Gasteiger partial charge on any atom is -0.467 e. The van der Waals surface area contributed by atoms with Crippen LogP contribution in [0.1, 0.15) is 66.6 Å². The summed E-state index contributed by atoms with van der Waals surface area (Å²) >= 11 is 0. The summed E-state index contributed by atoms with van der Waals surface area (Å²) in [4.78, 5) is 35.2. The number of amides is 2. The number of fused-ring (bicyclic) bond motifs is 1. The highest BCUT2D eigenvalue weighted by atomic mass is 16.5. The van der Waals surface area contributed by atoms with Crippen molar-refractivity contribution < 1.29 is 19.5 Å². The van der Waals surface area contributed by atoms with Crippen molar-refractivity contribution in [1.82, 2.24) is 15.3 Å². The first-order valence-electron chi connectivity index (χ1n) is 11.5. The van der Waals surface area contributed by atoms with E-state index in [1.54, 1.807) is 11.8 Å². The normalized spacial score (nSPS) is 20.6. The van der Waals surface area contributed by atoms with E-state index in [2.05, 4.69) is 32.6 Å². The van der Waals surface area contributed by atoms with Crippen LogP contribution < -0.4 is 20.7 Å². The fourth-order valence-corrected chi connectivity index (χ4v) is 4.88. The number of methoxy groups -OCH3 is 1. The van der Waals surface area contributed by atoms with Crippen molar-refractivity contribution >= 4 is 29.2 Å². The summed E-state index contributed by atoms with van der Waals surface area (Å²) in [6.45, 7) is 2.06. The smallest absolute Gasteiger partial charge is 0.318 e. The van der Waals surface area contributed by atoms with Gasteiger partial charge in [-0.25, -0.2) is 0 Å². The third-order valence-corrected chi connectivity index (χ3v) is 6.67. The first-order valence-corrected chi connectivity index (χ1v) is 11.5. The summed E-state index contributed by atoms with van der Waals surface area (Å²) in [5, 5.41) is 14.2. The lowest BCUT2D eigenvalue weighted by Gasteiger charge is -2.30. The molecule has 1 aromatic carbocycles. The molecule has 34 heavy (non-hydrogen) atoms. The second-order valence-electron chi connectivity index (χ2n) is 8.87. The SMILES string of the molecule is COc1nc(N)c2c(n1)CCN(c1ccc(C3CCC(CC(=O)N/C(C)=N\O)CC3)cc1)C2=O. The van der Waals surface area contributed by atoms with Gasteiger partial charge in [0.2, 0.25) is 5.91 Å². The number of nitrogens with two attached hydrogens (primary N) is 1. The monoisotopic (exact) mass is 466 g/mol. The highest BCUT2D eigenvalue weighted by Gasteiger charge is 2.31. The number of carbonyl (C=O) groups excluding carboxylic acids is 2. The lowest BCUT2D eigenvalue weighted by Crippen LogP contribution is -2.39. The molecule has 4 rings (SSSR count). The van der Waals surface area contributed by atoms with Crippen molar-refractivity contribution in [2.24, 2.45) is 11.1 Å². The van der Waals surface area contributed by atoms with Gasteiger partial charge in [-0.2, -0.15) is 9.97 Å². The van der Waals surface area contributed by atoms with Crippen molar-refractivity contribution in [1.29, 1.82) is 0 Å². The summed E-state index contributed by atoms with van der Waals surface area (Å²) in [6.07, 6.45) is 4.98. The van der Waals surface area contributed by atoms with Gasteiger partial charge in [0.15, 0.2) is 0 Å². The second kappa shape index (κ2) is 10.1. The van der Waals surface area contributed by atoms with Crippen molar-refractivity contribution in [2.45, 2.75) is 51.4 Å². The number of benzene rings is 1. The maximum atomic E-state index is 13.1. The van der Waals surface area contributed by atoms with Gasteiger partial charge in [0, 0.05) is 25.1 Å². The van der Waals surface area contributed by atoms with Crippen LogP contribution in [0.4, 0.5) is 11.5 Å². The Labute approximate surface area is 198 Å². The Morgan fingerprint density at radius 3 is 2.59 bits per heavy atom. The molecular formula is C24H30N6O4. The van der Waals surface area contributed by atoms with E-state index in [1.807, 2.05) is 12.1 Å². The van der Waals surface area contributed by atoms with E-state index in [0.29, 0.717) is 42.5 Å². The maximum Gasteiger partial charge on any atom is 0.318 e. The minimum absolute atomic E-state index is 0.111. The van der Waals surface area contributed by atoms with E-state index in [9.17, 15) is 9.59 Å². The van der Waals surface area contributed by atoms with Crippen LogP contribution in [0.2, 0.25) is 0 Å². The quantitative estimate of drug-likeness (QED) is 0.266. The maximum absolute atomic E-state index is 13.1. The van der Waals surface area contributed by atoms with E-state index in [0.717, 1.165) is 31.4 Å². The van der Waals surface area contributed by atoms with Crippen molar-refractivity contribution in [3.8, 4) is 6.01 Å². The molecule has 2 amide bonds. The van der Waals surface area contributed by atoms with Crippen LogP contribution in [0.5, 0.6) is 6.01 Å². The van der Waals surface area contributed by atoms with Crippen LogP contribution in [-0.4, -0.2) is 46.5 Å². The summed E-state index contributed by atoms with van der Waals surface area (Å²) in [5.41, 5.74) is 9.05. The molecule has 180 valence electrons. The van der Waals surface area contributed by atoms with Crippen molar-refractivity contribution in [3.05, 3.63) is 41.1 Å². The van der Waals surface area contributed by atoms with Gasteiger partial charge in [-0.3, -0.25) is 9.59 Å². The number of hydrogen-bond donors (Lipinski definition) is 3. The molecule has 1 aliphatic carbocycles. The van der Waals surface area contributed by atoms with Gasteiger partial charge in [-0.05, 0) is 62.1 Å². The predicted molar refractivity (Wildman–Crippen MR) is 127 cm³/mol. The Morgan fingerprint density at radius 1 is 1.24 bits per heavy atom. The lowest BCUT2D eigenvalue weighted by molar-refractivity contribution is -0.120. The molecule has 2 aliphatic rings. The van der Waals surface area contributed by atoms with E-state index >= 15 is 0 Å². The number of oxime groups is 1. The molecule has 10 nitrogen and oxygen atoms in total. The average Bonchev–Trinajstić information content (AvgIpc) is 2.84. The molecule has 0 atom stereocenters. The molecule has 1 aliphatic heterocycles. The van der Waals surface area contributed by atoms with Gasteiger partial charge in [-0.1, -0.05) is 17.3 Å². The number of anilines is 2. The van der Waals surface area contributed by atoms with Gasteiger partial charge in [0.25, 0.3) is 5.91 Å². The van der Waals surface area contributed by atoms with Crippen molar-refractivity contribution in [2.75, 3.05) is 24.3 Å². The summed E-state index contributed by atoms with van der Waals surface area (Å²) in [5.74, 6) is 0.805. The summed E-state index contributed by atoms with van der Waals surface area (Å²) in [7, 11) is 1.47. The number of hydrogen-bond acceptors (Lipinski definition) is 8. The Balaban J connectivity index is 1.37. The number of nitrogen functional groups attached to an aromatic ring is 1. The zero-order valence-corrected chi connectivity index (χ0v) is 19.5.